The van der Waals surface area contributed by atoms with Crippen LogP contribution in [0.4, 0.5) is 18.9 Å². The Morgan fingerprint density at radius 1 is 1.26 bits per heavy atom. The fourth-order valence-electron chi connectivity index (χ4n) is 4.15. The molecular weight excluding hydrogens is 450 g/mol. The monoisotopic (exact) mass is 479 g/mol. The molecule has 11 heteroatoms. The molecule has 0 fully saturated rings. The molecule has 7 nitrogen and oxygen atoms in total. The average Bonchev–Trinajstić information content (AvgIpc) is 3.22. The predicted octanol–water partition coefficient (Wildman–Crippen LogP) is 3.12. The van der Waals surface area contributed by atoms with Crippen LogP contribution < -0.4 is 20.5 Å². The summed E-state index contributed by atoms with van der Waals surface area (Å²) >= 11 is 0. The lowest BCUT2D eigenvalue weighted by atomic mass is 9.82. The van der Waals surface area contributed by atoms with E-state index in [9.17, 15) is 23.0 Å². The normalized spacial score (nSPS) is 13.9. The fraction of sp³-hybridized carbons (Fsp3) is 0.435. The second kappa shape index (κ2) is 11.0. The molecule has 0 aromatic heterocycles. The Hall–Kier alpha value is -2.92. The van der Waals surface area contributed by atoms with Gasteiger partial charge in [-0.1, -0.05) is 25.1 Å². The first-order chi connectivity index (χ1) is 16.0. The van der Waals surface area contributed by atoms with Crippen molar-refractivity contribution in [3.05, 3.63) is 53.1 Å². The van der Waals surface area contributed by atoms with Crippen LogP contribution in [0.2, 0.25) is 6.82 Å². The smallest absolute Gasteiger partial charge is 0.422 e. The van der Waals surface area contributed by atoms with Gasteiger partial charge in [-0.25, -0.2) is 0 Å². The van der Waals surface area contributed by atoms with Crippen molar-refractivity contribution in [1.29, 1.82) is 0 Å². The Morgan fingerprint density at radius 2 is 1.94 bits per heavy atom. The van der Waals surface area contributed by atoms with Crippen molar-refractivity contribution in [2.24, 2.45) is 5.73 Å². The molecule has 0 unspecified atom stereocenters. The van der Waals surface area contributed by atoms with Crippen LogP contribution in [-0.4, -0.2) is 61.3 Å². The van der Waals surface area contributed by atoms with Crippen molar-refractivity contribution in [2.45, 2.75) is 38.8 Å². The first-order valence-electron chi connectivity index (χ1n) is 11.1. The summed E-state index contributed by atoms with van der Waals surface area (Å²) in [6.45, 7) is 3.37. The van der Waals surface area contributed by atoms with Crippen molar-refractivity contribution in [2.75, 3.05) is 31.6 Å². The maximum Gasteiger partial charge on any atom is 0.422 e. The third-order valence-corrected chi connectivity index (χ3v) is 5.67. The second-order valence-corrected chi connectivity index (χ2v) is 8.34. The van der Waals surface area contributed by atoms with Gasteiger partial charge in [0.2, 0.25) is 0 Å². The standard InChI is InChI=1S/C23H29BF3N3O4/c1-15(11-16-12-17-7-8-29-21(17)18(13-16)22(28)31)30(24(2)32)9-10-33-19-5-3-4-6-20(19)34-14-23(25,26)27/h3-6,12-13,15,29,32H,7-11,14H2,1-2H3,(H2,28,31)/t15-/m1/s1. The number of nitrogens with one attached hydrogen (secondary N) is 1. The molecule has 0 radical (unpaired) electrons. The molecule has 1 aliphatic rings. The molecule has 0 aliphatic carbocycles. The van der Waals surface area contributed by atoms with Crippen LogP contribution >= 0.6 is 0 Å². The Morgan fingerprint density at radius 3 is 2.56 bits per heavy atom. The minimum Gasteiger partial charge on any atom is -0.488 e. The van der Waals surface area contributed by atoms with Crippen LogP contribution in [0.1, 0.15) is 28.4 Å². The number of hydrogen-bond donors (Lipinski definition) is 3. The zero-order valence-corrected chi connectivity index (χ0v) is 19.2. The van der Waals surface area contributed by atoms with E-state index in [0.717, 1.165) is 29.8 Å². The molecular formula is C23H29BF3N3O4. The molecule has 0 saturated heterocycles. The molecule has 1 aliphatic heterocycles. The zero-order valence-electron chi connectivity index (χ0n) is 19.2. The molecule has 184 valence electrons. The van der Waals surface area contributed by atoms with Gasteiger partial charge in [0.1, 0.15) is 6.61 Å². The summed E-state index contributed by atoms with van der Waals surface area (Å²) < 4.78 is 48.0. The number of nitrogens with two attached hydrogens (primary N) is 1. The van der Waals surface area contributed by atoms with E-state index in [-0.39, 0.29) is 24.1 Å². The first kappa shape index (κ1) is 25.7. The lowest BCUT2D eigenvalue weighted by molar-refractivity contribution is -0.153. The summed E-state index contributed by atoms with van der Waals surface area (Å²) in [5.74, 6) is -0.295. The molecule has 4 N–H and O–H groups in total. The Bertz CT molecular complexity index is 1000. The van der Waals surface area contributed by atoms with Crippen LogP contribution in [0.5, 0.6) is 11.5 Å². The molecule has 1 atom stereocenters. The number of primary amides is 1. The van der Waals surface area contributed by atoms with E-state index >= 15 is 0 Å². The third-order valence-electron chi connectivity index (χ3n) is 5.67. The van der Waals surface area contributed by atoms with Gasteiger partial charge in [-0.2, -0.15) is 13.2 Å². The van der Waals surface area contributed by atoms with Crippen LogP contribution in [0.3, 0.4) is 0 Å². The number of amides is 1. The van der Waals surface area contributed by atoms with Gasteiger partial charge in [0.05, 0.1) is 11.3 Å². The SMILES string of the molecule is CB(O)N(CCOc1ccccc1OCC(F)(F)F)[C@H](C)Cc1cc2c(c(C(N)=O)c1)NCC2. The molecule has 2 aromatic rings. The molecule has 0 bridgehead atoms. The summed E-state index contributed by atoms with van der Waals surface area (Å²) in [5.41, 5.74) is 8.77. The minimum absolute atomic E-state index is 0.00204. The van der Waals surface area contributed by atoms with E-state index in [2.05, 4.69) is 5.32 Å². The number of hydrogen-bond acceptors (Lipinski definition) is 6. The Balaban J connectivity index is 1.63. The van der Waals surface area contributed by atoms with E-state index < -0.39 is 25.7 Å². The van der Waals surface area contributed by atoms with Crippen LogP contribution in [0.15, 0.2) is 36.4 Å². The highest BCUT2D eigenvalue weighted by Crippen LogP contribution is 2.30. The quantitative estimate of drug-likeness (QED) is 0.429. The number of halogens is 3. The fourth-order valence-corrected chi connectivity index (χ4v) is 4.15. The number of nitrogens with zero attached hydrogens (tertiary/aromatic N) is 1. The van der Waals surface area contributed by atoms with E-state index in [1.807, 2.05) is 17.8 Å². The predicted molar refractivity (Wildman–Crippen MR) is 124 cm³/mol. The number of carbonyl (C=O) groups excluding carboxylic acids is 1. The van der Waals surface area contributed by atoms with Crippen LogP contribution in [-0.2, 0) is 12.8 Å². The summed E-state index contributed by atoms with van der Waals surface area (Å²) in [5, 5.41) is 13.5. The molecule has 0 spiro atoms. The second-order valence-electron chi connectivity index (χ2n) is 8.34. The van der Waals surface area contributed by atoms with Gasteiger partial charge in [-0.3, -0.25) is 4.79 Å². The molecule has 3 rings (SSSR count). The van der Waals surface area contributed by atoms with Crippen LogP contribution in [0.25, 0.3) is 0 Å². The van der Waals surface area contributed by atoms with Gasteiger partial charge in [-0.15, -0.1) is 0 Å². The number of benzene rings is 2. The van der Waals surface area contributed by atoms with Gasteiger partial charge in [0.25, 0.3) is 5.91 Å². The Kier molecular flexibility index (Phi) is 8.32. The number of para-hydroxylation sites is 2. The summed E-state index contributed by atoms with van der Waals surface area (Å²) in [6.07, 6.45) is -3.08. The summed E-state index contributed by atoms with van der Waals surface area (Å²) in [6, 6.07) is 9.86. The summed E-state index contributed by atoms with van der Waals surface area (Å²) in [4.78, 5) is 13.7. The number of alkyl halides is 3. The number of fused-ring (bicyclic) bond motifs is 1. The maximum atomic E-state index is 12.5. The highest BCUT2D eigenvalue weighted by Gasteiger charge is 2.29. The zero-order chi connectivity index (χ0) is 24.9. The van der Waals surface area contributed by atoms with Crippen molar-refractivity contribution >= 4 is 18.6 Å². The molecule has 34 heavy (non-hydrogen) atoms. The van der Waals surface area contributed by atoms with Crippen molar-refractivity contribution in [3.63, 3.8) is 0 Å². The number of carbonyl (C=O) groups is 1. The van der Waals surface area contributed by atoms with Gasteiger partial charge in [0.15, 0.2) is 18.1 Å². The van der Waals surface area contributed by atoms with E-state index in [4.69, 9.17) is 15.2 Å². The minimum atomic E-state index is -4.45. The van der Waals surface area contributed by atoms with Gasteiger partial charge in [0, 0.05) is 19.1 Å². The summed E-state index contributed by atoms with van der Waals surface area (Å²) in [7, 11) is -0.790. The Labute approximate surface area is 197 Å². The van der Waals surface area contributed by atoms with Crippen molar-refractivity contribution in [3.8, 4) is 11.5 Å². The molecule has 1 heterocycles. The first-order valence-corrected chi connectivity index (χ1v) is 11.1. The van der Waals surface area contributed by atoms with Crippen LogP contribution in [0, 0.1) is 0 Å². The number of anilines is 1. The molecule has 2 aromatic carbocycles. The topological polar surface area (TPSA) is 97.1 Å². The van der Waals surface area contributed by atoms with Gasteiger partial charge in [-0.05, 0) is 49.0 Å². The largest absolute Gasteiger partial charge is 0.488 e. The van der Waals surface area contributed by atoms with Crippen molar-refractivity contribution < 1.29 is 32.5 Å². The van der Waals surface area contributed by atoms with Gasteiger partial charge < -0.3 is 30.4 Å². The molecule has 0 saturated carbocycles. The maximum absolute atomic E-state index is 12.5. The average molecular weight is 479 g/mol. The lowest BCUT2D eigenvalue weighted by Crippen LogP contribution is -2.46. The van der Waals surface area contributed by atoms with E-state index in [1.54, 1.807) is 25.0 Å². The van der Waals surface area contributed by atoms with E-state index in [0.29, 0.717) is 18.5 Å². The van der Waals surface area contributed by atoms with Crippen molar-refractivity contribution in [1.82, 2.24) is 4.81 Å². The number of ether oxygens (including phenoxy) is 2. The highest BCUT2D eigenvalue weighted by atomic mass is 19.4. The third kappa shape index (κ3) is 6.80. The highest BCUT2D eigenvalue weighted by molar-refractivity contribution is 6.45. The van der Waals surface area contributed by atoms with E-state index in [1.165, 1.54) is 12.1 Å². The lowest BCUT2D eigenvalue weighted by Gasteiger charge is -2.30. The molecule has 1 amide bonds. The number of rotatable bonds is 11. The van der Waals surface area contributed by atoms with Gasteiger partial charge >= 0.3 is 13.2 Å².